The minimum absolute atomic E-state index is 0.108. The van der Waals surface area contributed by atoms with Gasteiger partial charge in [0.2, 0.25) is 0 Å². The van der Waals surface area contributed by atoms with Gasteiger partial charge in [-0.2, -0.15) is 14.7 Å². The van der Waals surface area contributed by atoms with Crippen LogP contribution in [-0.4, -0.2) is 67.7 Å². The number of hydrogen-bond donors (Lipinski definition) is 2. The molecule has 2 aliphatic rings. The average Bonchev–Trinajstić information content (AvgIpc) is 3.26. The lowest BCUT2D eigenvalue weighted by atomic mass is 10.2. The molecule has 1 amide bonds. The fourth-order valence-corrected chi connectivity index (χ4v) is 4.11. The topological polar surface area (TPSA) is 111 Å². The van der Waals surface area contributed by atoms with Gasteiger partial charge in [-0.15, -0.1) is 0 Å². The van der Waals surface area contributed by atoms with E-state index in [9.17, 15) is 9.18 Å². The molecule has 164 valence electrons. The van der Waals surface area contributed by atoms with E-state index >= 15 is 0 Å². The molecule has 6 rings (SSSR count). The van der Waals surface area contributed by atoms with E-state index < -0.39 is 18.1 Å². The molecular weight excluding hydrogens is 415 g/mol. The molecule has 1 saturated heterocycles. The van der Waals surface area contributed by atoms with Crippen LogP contribution in [0.25, 0.3) is 28.1 Å². The van der Waals surface area contributed by atoms with Gasteiger partial charge in [0.05, 0.1) is 30.6 Å². The van der Waals surface area contributed by atoms with Crippen LogP contribution in [0.2, 0.25) is 0 Å². The van der Waals surface area contributed by atoms with Crippen LogP contribution >= 0.6 is 0 Å². The molecule has 0 bridgehead atoms. The van der Waals surface area contributed by atoms with Gasteiger partial charge in [0.1, 0.15) is 23.2 Å². The van der Waals surface area contributed by atoms with E-state index in [1.807, 2.05) is 22.9 Å². The number of amides is 1. The Morgan fingerprint density at radius 3 is 2.97 bits per heavy atom. The third-order valence-corrected chi connectivity index (χ3v) is 5.96. The van der Waals surface area contributed by atoms with Gasteiger partial charge in [0.15, 0.2) is 11.3 Å². The van der Waals surface area contributed by atoms with Crippen molar-refractivity contribution in [2.45, 2.75) is 31.1 Å². The molecule has 3 atom stereocenters. The number of nitrogens with one attached hydrogen (secondary N) is 2. The lowest BCUT2D eigenvalue weighted by Crippen LogP contribution is -2.27. The average molecular weight is 436 g/mol. The smallest absolute Gasteiger partial charge is 0.257 e. The van der Waals surface area contributed by atoms with Crippen molar-refractivity contribution in [2.75, 3.05) is 25.6 Å². The predicted octanol–water partition coefficient (Wildman–Crippen LogP) is 1.98. The van der Waals surface area contributed by atoms with Gasteiger partial charge in [-0.05, 0) is 18.6 Å². The fourth-order valence-electron chi connectivity index (χ4n) is 4.11. The molecule has 0 spiro atoms. The van der Waals surface area contributed by atoms with Gasteiger partial charge in [0.25, 0.3) is 5.91 Å². The Morgan fingerprint density at radius 1 is 1.34 bits per heavy atom. The number of rotatable bonds is 5. The van der Waals surface area contributed by atoms with Crippen LogP contribution in [0.5, 0.6) is 0 Å². The van der Waals surface area contributed by atoms with Crippen molar-refractivity contribution in [3.63, 3.8) is 0 Å². The zero-order valence-corrected chi connectivity index (χ0v) is 17.3. The monoisotopic (exact) mass is 436 g/mol. The Balaban J connectivity index is 1.50. The van der Waals surface area contributed by atoms with E-state index in [-0.39, 0.29) is 11.6 Å². The van der Waals surface area contributed by atoms with Gasteiger partial charge >= 0.3 is 0 Å². The van der Waals surface area contributed by atoms with Crippen LogP contribution in [0.1, 0.15) is 29.2 Å². The summed E-state index contributed by atoms with van der Waals surface area (Å²) in [4.78, 5) is 22.0. The van der Waals surface area contributed by atoms with Crippen LogP contribution in [0.15, 0.2) is 30.6 Å². The molecule has 4 aromatic heterocycles. The molecule has 1 aliphatic heterocycles. The Kier molecular flexibility index (Phi) is 4.32. The Hall–Kier alpha value is -3.60. The van der Waals surface area contributed by atoms with Crippen molar-refractivity contribution in [3.8, 4) is 11.4 Å². The van der Waals surface area contributed by atoms with Gasteiger partial charge in [-0.3, -0.25) is 4.79 Å². The van der Waals surface area contributed by atoms with Gasteiger partial charge in [-0.25, -0.2) is 19.0 Å². The summed E-state index contributed by atoms with van der Waals surface area (Å²) in [5.74, 6) is 0.256. The highest BCUT2D eigenvalue weighted by Gasteiger charge is 2.39. The molecule has 0 radical (unpaired) electrons. The first-order chi connectivity index (χ1) is 15.6. The Labute approximate surface area is 181 Å². The maximum Gasteiger partial charge on any atom is 0.257 e. The molecule has 5 heterocycles. The van der Waals surface area contributed by atoms with Crippen LogP contribution < -0.4 is 10.6 Å². The van der Waals surface area contributed by atoms with Crippen LogP contribution in [0.3, 0.4) is 0 Å². The zero-order chi connectivity index (χ0) is 21.8. The first-order valence-corrected chi connectivity index (χ1v) is 10.6. The summed E-state index contributed by atoms with van der Waals surface area (Å²) in [6.45, 7) is 1.28. The maximum atomic E-state index is 13.3. The number of carbonyl (C=O) groups is 1. The summed E-state index contributed by atoms with van der Waals surface area (Å²) in [6.07, 6.45) is 3.41. The fraction of sp³-hybridized carbons (Fsp3) is 0.381. The number of nitrogens with zero attached hydrogens (tertiary/aromatic N) is 6. The first-order valence-electron chi connectivity index (χ1n) is 10.6. The van der Waals surface area contributed by atoms with Crippen molar-refractivity contribution in [3.05, 3.63) is 36.2 Å². The summed E-state index contributed by atoms with van der Waals surface area (Å²) >= 11 is 0. The largest absolute Gasteiger partial charge is 0.379 e. The lowest BCUT2D eigenvalue weighted by molar-refractivity contribution is 0.0949. The molecule has 11 heteroatoms. The van der Waals surface area contributed by atoms with E-state index in [2.05, 4.69) is 20.7 Å². The minimum Gasteiger partial charge on any atom is -0.379 e. The van der Waals surface area contributed by atoms with E-state index in [4.69, 9.17) is 14.8 Å². The second kappa shape index (κ2) is 7.23. The second-order valence-corrected chi connectivity index (χ2v) is 8.09. The molecule has 4 aromatic rings. The van der Waals surface area contributed by atoms with Crippen molar-refractivity contribution >= 4 is 28.4 Å². The second-order valence-electron chi connectivity index (χ2n) is 8.09. The number of hydrogen-bond acceptors (Lipinski definition) is 7. The highest BCUT2D eigenvalue weighted by molar-refractivity contribution is 6.01. The number of halogens is 1. The quantitative estimate of drug-likeness (QED) is 0.492. The summed E-state index contributed by atoms with van der Waals surface area (Å²) in [6, 6.07) is 5.33. The van der Waals surface area contributed by atoms with Crippen molar-refractivity contribution in [1.82, 2.24) is 34.7 Å². The van der Waals surface area contributed by atoms with Crippen molar-refractivity contribution in [1.29, 1.82) is 0 Å². The number of fused-ring (bicyclic) bond motifs is 2. The number of ether oxygens (including phenoxy) is 1. The lowest BCUT2D eigenvalue weighted by Gasteiger charge is -2.09. The van der Waals surface area contributed by atoms with Gasteiger partial charge < -0.3 is 15.4 Å². The summed E-state index contributed by atoms with van der Waals surface area (Å²) < 4.78 is 22.3. The van der Waals surface area contributed by atoms with Crippen LogP contribution in [-0.2, 0) is 4.74 Å². The minimum atomic E-state index is -0.987. The highest BCUT2D eigenvalue weighted by Crippen LogP contribution is 2.32. The zero-order valence-electron chi connectivity index (χ0n) is 17.3. The number of anilines is 1. The summed E-state index contributed by atoms with van der Waals surface area (Å²) in [5, 5.41) is 15.8. The van der Waals surface area contributed by atoms with Crippen molar-refractivity contribution in [2.24, 2.45) is 0 Å². The third-order valence-electron chi connectivity index (χ3n) is 5.96. The number of carbonyl (C=O) groups excluding carboxylic acids is 1. The molecule has 2 N–H and O–H groups in total. The Morgan fingerprint density at radius 2 is 2.22 bits per heavy atom. The van der Waals surface area contributed by atoms with E-state index in [1.54, 1.807) is 17.8 Å². The van der Waals surface area contributed by atoms with E-state index in [0.717, 1.165) is 17.5 Å². The maximum absolute atomic E-state index is 13.3. The van der Waals surface area contributed by atoms with Gasteiger partial charge in [-0.1, -0.05) is 0 Å². The number of aromatic nitrogens is 6. The summed E-state index contributed by atoms with van der Waals surface area (Å²) in [5.41, 5.74) is 2.67. The molecule has 1 unspecified atom stereocenters. The molecular formula is C21H21FN8O2. The molecule has 0 aromatic carbocycles. The van der Waals surface area contributed by atoms with E-state index in [1.165, 1.54) is 6.20 Å². The summed E-state index contributed by atoms with van der Waals surface area (Å²) in [7, 11) is 1.77. The highest BCUT2D eigenvalue weighted by atomic mass is 19.1. The van der Waals surface area contributed by atoms with Crippen LogP contribution in [0.4, 0.5) is 10.2 Å². The molecule has 2 fully saturated rings. The van der Waals surface area contributed by atoms with Gasteiger partial charge in [0, 0.05) is 37.7 Å². The number of alkyl halides is 1. The molecule has 1 saturated carbocycles. The van der Waals surface area contributed by atoms with Crippen LogP contribution in [0, 0.1) is 0 Å². The standard InChI is InChI=1S/C21H21FN8O2/c1-23-17-8-16(26-20-13(9-25-30(17)20)21(31)27-15-7-14(15)22)18-12-3-2-5-24-19(12)29(28-18)11-4-6-32-10-11/h2-3,5,8-9,11,14-15,23H,4,6-7,10H2,1H3,(H,27,31)/t11?,14-,15+/m1/s1. The van der Waals surface area contributed by atoms with Crippen molar-refractivity contribution < 1.29 is 13.9 Å². The molecule has 32 heavy (non-hydrogen) atoms. The number of pyridine rings is 1. The molecule has 1 aliphatic carbocycles. The van der Waals surface area contributed by atoms with E-state index in [0.29, 0.717) is 42.5 Å². The Bertz CT molecular complexity index is 1340. The third kappa shape index (κ3) is 3.00. The molecule has 10 nitrogen and oxygen atoms in total. The SMILES string of the molecule is CNc1cc(-c2nn(C3CCOC3)c3ncccc23)nc2c(C(=O)N[C@H]3C[C@H]3F)cnn12. The predicted molar refractivity (Wildman–Crippen MR) is 114 cm³/mol. The first kappa shape index (κ1) is 19.1. The normalized spacial score (nSPS) is 22.5.